The molecular weight excluding hydrogens is 154 g/mol. The Hall–Kier alpha value is -0.760. The molecule has 0 N–H and O–H groups in total. The second kappa shape index (κ2) is 3.09. The van der Waals surface area contributed by atoms with Crippen LogP contribution in [0.5, 0.6) is 0 Å². The fourth-order valence-corrected chi connectivity index (χ4v) is 1.21. The molecule has 1 aromatic rings. The largest absolute Gasteiger partial charge is 0.264 e. The summed E-state index contributed by atoms with van der Waals surface area (Å²) in [5.41, 5.74) is 3.28. The number of rotatable bonds is 1. The minimum Gasteiger partial charge on any atom is -0.264 e. The Kier molecular flexibility index (Phi) is 2.35. The molecule has 0 aliphatic rings. The van der Waals surface area contributed by atoms with Gasteiger partial charge in [0.05, 0.1) is 5.69 Å². The minimum absolute atomic E-state index is 0.945. The van der Waals surface area contributed by atoms with Gasteiger partial charge in [0, 0.05) is 4.90 Å². The summed E-state index contributed by atoms with van der Waals surface area (Å²) in [4.78, 5) is 4.90. The van der Waals surface area contributed by atoms with Crippen molar-refractivity contribution in [1.82, 2.24) is 0 Å². The average molecular weight is 165 g/mol. The van der Waals surface area contributed by atoms with Crippen LogP contribution >= 0.6 is 12.6 Å². The van der Waals surface area contributed by atoms with E-state index in [0.717, 1.165) is 16.1 Å². The van der Waals surface area contributed by atoms with Gasteiger partial charge in [0.1, 0.15) is 0 Å². The van der Waals surface area contributed by atoms with Crippen molar-refractivity contribution in [2.24, 2.45) is 4.99 Å². The lowest BCUT2D eigenvalue weighted by Crippen LogP contribution is -1.82. The van der Waals surface area contributed by atoms with Crippen molar-refractivity contribution >= 4 is 25.0 Å². The Balaban J connectivity index is 3.36. The maximum Gasteiger partial charge on any atom is 0.0654 e. The van der Waals surface area contributed by atoms with E-state index in [2.05, 4.69) is 24.3 Å². The zero-order valence-corrected chi connectivity index (χ0v) is 7.65. The van der Waals surface area contributed by atoms with Gasteiger partial charge in [-0.25, -0.2) is 0 Å². The lowest BCUT2D eigenvalue weighted by atomic mass is 10.1. The lowest BCUT2D eigenvalue weighted by molar-refractivity contribution is 1.22. The van der Waals surface area contributed by atoms with Gasteiger partial charge in [-0.05, 0) is 43.8 Å². The number of hydrogen-bond donors (Lipinski definition) is 1. The summed E-state index contributed by atoms with van der Waals surface area (Å²) in [5, 5.41) is 0. The average Bonchev–Trinajstić information content (AvgIpc) is 2.01. The van der Waals surface area contributed by atoms with Crippen molar-refractivity contribution in [3.8, 4) is 0 Å². The summed E-state index contributed by atoms with van der Waals surface area (Å²) in [5.74, 6) is 0. The molecular formula is C9H11NS. The Labute approximate surface area is 72.6 Å². The Morgan fingerprint density at radius 3 is 2.45 bits per heavy atom. The van der Waals surface area contributed by atoms with E-state index in [1.54, 1.807) is 0 Å². The standard InChI is InChI=1S/C9H11NS/c1-6-7(2)9(11)5-4-8(6)10-3/h4-5,11H,3H2,1-2H3. The monoisotopic (exact) mass is 165 g/mol. The highest BCUT2D eigenvalue weighted by Crippen LogP contribution is 2.25. The molecule has 0 atom stereocenters. The van der Waals surface area contributed by atoms with E-state index in [0.29, 0.717) is 0 Å². The summed E-state index contributed by atoms with van der Waals surface area (Å²) in [6.45, 7) is 7.55. The molecule has 0 aliphatic carbocycles. The number of benzene rings is 1. The van der Waals surface area contributed by atoms with Gasteiger partial charge < -0.3 is 0 Å². The predicted octanol–water partition coefficient (Wildman–Crippen LogP) is 2.92. The molecule has 0 radical (unpaired) electrons. The Bertz CT molecular complexity index is 292. The zero-order valence-electron chi connectivity index (χ0n) is 6.76. The van der Waals surface area contributed by atoms with Crippen molar-refractivity contribution in [3.63, 3.8) is 0 Å². The molecule has 0 aromatic heterocycles. The van der Waals surface area contributed by atoms with E-state index >= 15 is 0 Å². The first-order valence-corrected chi connectivity index (χ1v) is 3.87. The second-order valence-corrected chi connectivity index (χ2v) is 2.99. The summed E-state index contributed by atoms with van der Waals surface area (Å²) in [7, 11) is 0. The lowest BCUT2D eigenvalue weighted by Gasteiger charge is -2.05. The molecule has 0 spiro atoms. The van der Waals surface area contributed by atoms with Crippen LogP contribution in [0.4, 0.5) is 5.69 Å². The van der Waals surface area contributed by atoms with Gasteiger partial charge in [-0.2, -0.15) is 0 Å². The highest BCUT2D eigenvalue weighted by atomic mass is 32.1. The SMILES string of the molecule is C=Nc1ccc(S)c(C)c1C. The molecule has 1 rings (SSSR count). The Morgan fingerprint density at radius 1 is 1.27 bits per heavy atom. The molecule has 2 heteroatoms. The van der Waals surface area contributed by atoms with Crippen molar-refractivity contribution < 1.29 is 0 Å². The minimum atomic E-state index is 0.945. The van der Waals surface area contributed by atoms with Gasteiger partial charge in [0.25, 0.3) is 0 Å². The maximum atomic E-state index is 4.29. The molecule has 0 saturated carbocycles. The Morgan fingerprint density at radius 2 is 1.91 bits per heavy atom. The smallest absolute Gasteiger partial charge is 0.0654 e. The van der Waals surface area contributed by atoms with Crippen LogP contribution in [-0.2, 0) is 0 Å². The van der Waals surface area contributed by atoms with E-state index in [1.807, 2.05) is 26.0 Å². The van der Waals surface area contributed by atoms with Crippen LogP contribution in [0.3, 0.4) is 0 Å². The van der Waals surface area contributed by atoms with Crippen molar-refractivity contribution in [1.29, 1.82) is 0 Å². The van der Waals surface area contributed by atoms with E-state index < -0.39 is 0 Å². The van der Waals surface area contributed by atoms with Crippen LogP contribution in [0, 0.1) is 13.8 Å². The maximum absolute atomic E-state index is 4.29. The van der Waals surface area contributed by atoms with E-state index in [1.165, 1.54) is 5.56 Å². The van der Waals surface area contributed by atoms with Gasteiger partial charge in [0.2, 0.25) is 0 Å². The van der Waals surface area contributed by atoms with Crippen LogP contribution in [0.1, 0.15) is 11.1 Å². The first-order chi connectivity index (χ1) is 5.16. The first kappa shape index (κ1) is 8.34. The highest BCUT2D eigenvalue weighted by molar-refractivity contribution is 7.80. The van der Waals surface area contributed by atoms with Crippen molar-refractivity contribution in [3.05, 3.63) is 23.3 Å². The van der Waals surface area contributed by atoms with E-state index in [9.17, 15) is 0 Å². The molecule has 58 valence electrons. The fourth-order valence-electron chi connectivity index (χ4n) is 0.963. The van der Waals surface area contributed by atoms with Crippen LogP contribution in [0.15, 0.2) is 22.0 Å². The molecule has 11 heavy (non-hydrogen) atoms. The molecule has 1 nitrogen and oxygen atoms in total. The van der Waals surface area contributed by atoms with Gasteiger partial charge >= 0.3 is 0 Å². The number of nitrogens with zero attached hydrogens (tertiary/aromatic N) is 1. The molecule has 0 amide bonds. The van der Waals surface area contributed by atoms with Crippen LogP contribution in [0.2, 0.25) is 0 Å². The van der Waals surface area contributed by atoms with Crippen molar-refractivity contribution in [2.75, 3.05) is 0 Å². The highest BCUT2D eigenvalue weighted by Gasteiger charge is 2.00. The molecule has 0 aliphatic heterocycles. The fraction of sp³-hybridized carbons (Fsp3) is 0.222. The summed E-state index contributed by atoms with van der Waals surface area (Å²) < 4.78 is 0. The van der Waals surface area contributed by atoms with Gasteiger partial charge in [-0.1, -0.05) is 0 Å². The van der Waals surface area contributed by atoms with Crippen LogP contribution in [-0.4, -0.2) is 6.72 Å². The predicted molar refractivity (Wildman–Crippen MR) is 52.4 cm³/mol. The van der Waals surface area contributed by atoms with Gasteiger partial charge in [-0.15, -0.1) is 12.6 Å². The summed E-state index contributed by atoms with van der Waals surface area (Å²) in [6, 6.07) is 3.87. The van der Waals surface area contributed by atoms with Crippen molar-refractivity contribution in [2.45, 2.75) is 18.7 Å². The number of thiol groups is 1. The zero-order chi connectivity index (χ0) is 8.43. The number of aliphatic imine (C=N–C) groups is 1. The van der Waals surface area contributed by atoms with Gasteiger partial charge in [-0.3, -0.25) is 4.99 Å². The summed E-state index contributed by atoms with van der Waals surface area (Å²) >= 11 is 4.29. The molecule has 0 bridgehead atoms. The molecule has 0 saturated heterocycles. The first-order valence-electron chi connectivity index (χ1n) is 3.42. The molecule has 0 unspecified atom stereocenters. The third kappa shape index (κ3) is 1.46. The third-order valence-corrected chi connectivity index (χ3v) is 2.38. The quantitative estimate of drug-likeness (QED) is 0.485. The van der Waals surface area contributed by atoms with Gasteiger partial charge in [0.15, 0.2) is 0 Å². The molecule has 0 heterocycles. The topological polar surface area (TPSA) is 12.4 Å². The van der Waals surface area contributed by atoms with Crippen LogP contribution < -0.4 is 0 Å². The second-order valence-electron chi connectivity index (χ2n) is 2.51. The van der Waals surface area contributed by atoms with E-state index in [-0.39, 0.29) is 0 Å². The molecule has 0 fully saturated rings. The van der Waals surface area contributed by atoms with E-state index in [4.69, 9.17) is 0 Å². The third-order valence-electron chi connectivity index (χ3n) is 1.90. The molecule has 1 aromatic carbocycles. The number of hydrogen-bond acceptors (Lipinski definition) is 2. The normalized spacial score (nSPS) is 9.73. The summed E-state index contributed by atoms with van der Waals surface area (Å²) in [6.07, 6.45) is 0. The van der Waals surface area contributed by atoms with Crippen LogP contribution in [0.25, 0.3) is 0 Å².